The van der Waals surface area contributed by atoms with E-state index in [1.165, 1.54) is 0 Å². The van der Waals surface area contributed by atoms with Gasteiger partial charge in [0.25, 0.3) is 0 Å². The Morgan fingerprint density at radius 2 is 1.62 bits per heavy atom. The highest BCUT2D eigenvalue weighted by Crippen LogP contribution is 2.24. The Morgan fingerprint density at radius 3 is 2.14 bits per heavy atom. The van der Waals surface area contributed by atoms with E-state index in [-0.39, 0.29) is 12.5 Å². The molecule has 2 aromatic rings. The zero-order chi connectivity index (χ0) is 21.6. The molecule has 0 radical (unpaired) electrons. The predicted molar refractivity (Wildman–Crippen MR) is 123 cm³/mol. The Hall–Kier alpha value is -2.06. The third kappa shape index (κ3) is 6.47. The summed E-state index contributed by atoms with van der Waals surface area (Å²) in [5.74, 6) is -0.358. The van der Waals surface area contributed by atoms with Crippen molar-refractivity contribution in [3.63, 3.8) is 0 Å². The third-order valence-electron chi connectivity index (χ3n) is 4.67. The lowest BCUT2D eigenvalue weighted by Crippen LogP contribution is -2.40. The third-order valence-corrected chi connectivity index (χ3v) is 6.70. The van der Waals surface area contributed by atoms with Crippen LogP contribution in [0.3, 0.4) is 0 Å². The summed E-state index contributed by atoms with van der Waals surface area (Å²) >= 11 is 3.40. The number of carbonyl (C=O) groups is 1. The molecule has 1 amide bonds. The van der Waals surface area contributed by atoms with E-state index >= 15 is 0 Å². The molecule has 2 rings (SSSR count). The predicted octanol–water partition coefficient (Wildman–Crippen LogP) is 3.69. The molecule has 6 nitrogen and oxygen atoms in total. The van der Waals surface area contributed by atoms with Crippen LogP contribution in [0.1, 0.15) is 25.0 Å². The molecule has 0 saturated carbocycles. The highest BCUT2D eigenvalue weighted by Gasteiger charge is 2.21. The first kappa shape index (κ1) is 23.2. The molecule has 8 heteroatoms. The van der Waals surface area contributed by atoms with Crippen LogP contribution in [0, 0.1) is 6.92 Å². The summed E-state index contributed by atoms with van der Waals surface area (Å²) in [5, 5.41) is 2.81. The highest BCUT2D eigenvalue weighted by molar-refractivity contribution is 9.10. The molecule has 29 heavy (non-hydrogen) atoms. The molecule has 158 valence electrons. The van der Waals surface area contributed by atoms with Gasteiger partial charge < -0.3 is 10.2 Å². The van der Waals surface area contributed by atoms with Crippen molar-refractivity contribution >= 4 is 43.2 Å². The van der Waals surface area contributed by atoms with E-state index in [0.717, 1.165) is 44.9 Å². The number of sulfonamides is 1. The molecule has 0 aliphatic carbocycles. The maximum Gasteiger partial charge on any atom is 0.241 e. The van der Waals surface area contributed by atoms with Crippen LogP contribution in [0.4, 0.5) is 11.4 Å². The van der Waals surface area contributed by atoms with Crippen molar-refractivity contribution in [3.05, 3.63) is 58.1 Å². The van der Waals surface area contributed by atoms with Crippen LogP contribution < -0.4 is 14.5 Å². The lowest BCUT2D eigenvalue weighted by Gasteiger charge is -2.23. The van der Waals surface area contributed by atoms with Crippen LogP contribution in [0.2, 0.25) is 0 Å². The van der Waals surface area contributed by atoms with Crippen molar-refractivity contribution < 1.29 is 13.2 Å². The number of carbonyl (C=O) groups excluding carboxylic acids is 1. The van der Waals surface area contributed by atoms with Gasteiger partial charge in [0.2, 0.25) is 15.9 Å². The van der Waals surface area contributed by atoms with E-state index < -0.39 is 10.0 Å². The molecule has 0 heterocycles. The average Bonchev–Trinajstić information content (AvgIpc) is 2.68. The van der Waals surface area contributed by atoms with Gasteiger partial charge in [0.15, 0.2) is 0 Å². The first-order valence-corrected chi connectivity index (χ1v) is 12.1. The smallest absolute Gasteiger partial charge is 0.241 e. The number of halogens is 1. The van der Waals surface area contributed by atoms with Gasteiger partial charge in [0.1, 0.15) is 6.54 Å². The number of nitrogens with one attached hydrogen (secondary N) is 1. The van der Waals surface area contributed by atoms with Gasteiger partial charge in [-0.25, -0.2) is 8.42 Å². The van der Waals surface area contributed by atoms with Gasteiger partial charge in [-0.1, -0.05) is 28.1 Å². The van der Waals surface area contributed by atoms with Crippen LogP contribution >= 0.6 is 15.9 Å². The molecule has 0 aliphatic rings. The number of aryl methyl sites for hydroxylation is 1. The van der Waals surface area contributed by atoms with E-state index in [0.29, 0.717) is 12.2 Å². The lowest BCUT2D eigenvalue weighted by molar-refractivity contribution is -0.119. The average molecular weight is 482 g/mol. The molecule has 1 N–H and O–H groups in total. The minimum Gasteiger partial charge on any atom is -0.372 e. The van der Waals surface area contributed by atoms with Crippen LogP contribution in [0.5, 0.6) is 0 Å². The second-order valence-electron chi connectivity index (χ2n) is 6.82. The van der Waals surface area contributed by atoms with Crippen molar-refractivity contribution in [2.24, 2.45) is 0 Å². The lowest BCUT2D eigenvalue weighted by atomic mass is 10.2. The zero-order valence-corrected chi connectivity index (χ0v) is 19.7. The van der Waals surface area contributed by atoms with E-state index in [4.69, 9.17) is 0 Å². The van der Waals surface area contributed by atoms with Crippen LogP contribution in [-0.4, -0.2) is 40.2 Å². The largest absolute Gasteiger partial charge is 0.372 e. The fourth-order valence-electron chi connectivity index (χ4n) is 2.98. The molecule has 0 bridgehead atoms. The van der Waals surface area contributed by atoms with E-state index in [1.54, 1.807) is 18.2 Å². The molecule has 0 atom stereocenters. The van der Waals surface area contributed by atoms with E-state index in [2.05, 4.69) is 40.0 Å². The molecular formula is C21H28BrN3O3S. The highest BCUT2D eigenvalue weighted by atomic mass is 79.9. The summed E-state index contributed by atoms with van der Waals surface area (Å²) in [7, 11) is -3.59. The first-order valence-electron chi connectivity index (χ1n) is 9.50. The van der Waals surface area contributed by atoms with Gasteiger partial charge in [-0.05, 0) is 62.2 Å². The summed E-state index contributed by atoms with van der Waals surface area (Å²) in [6.07, 6.45) is 1.10. The van der Waals surface area contributed by atoms with Crippen molar-refractivity contribution in [3.8, 4) is 0 Å². The second kappa shape index (κ2) is 10.1. The molecule has 0 aliphatic heterocycles. The number of benzene rings is 2. The summed E-state index contributed by atoms with van der Waals surface area (Å²) < 4.78 is 26.4. The second-order valence-corrected chi connectivity index (χ2v) is 9.58. The minimum absolute atomic E-state index is 0.266. The van der Waals surface area contributed by atoms with Gasteiger partial charge in [-0.2, -0.15) is 0 Å². The summed E-state index contributed by atoms with van der Waals surface area (Å²) in [6, 6.07) is 13.2. The van der Waals surface area contributed by atoms with Crippen molar-refractivity contribution in [1.82, 2.24) is 5.32 Å². The van der Waals surface area contributed by atoms with Crippen LogP contribution in [0.15, 0.2) is 46.9 Å². The Balaban J connectivity index is 2.04. The number of rotatable bonds is 9. The normalized spacial score (nSPS) is 11.2. The summed E-state index contributed by atoms with van der Waals surface area (Å²) in [4.78, 5) is 14.7. The Bertz CT molecular complexity index is 942. The van der Waals surface area contributed by atoms with Gasteiger partial charge in [-0.15, -0.1) is 0 Å². The Kier molecular flexibility index (Phi) is 8.10. The first-order chi connectivity index (χ1) is 13.7. The number of nitrogens with zero attached hydrogens (tertiary/aromatic N) is 2. The molecule has 0 spiro atoms. The molecule has 0 aromatic heterocycles. The Labute approximate surface area is 182 Å². The Morgan fingerprint density at radius 1 is 1.03 bits per heavy atom. The summed E-state index contributed by atoms with van der Waals surface area (Å²) in [5.41, 5.74) is 3.45. The molecule has 0 saturated heterocycles. The van der Waals surface area contributed by atoms with Crippen LogP contribution in [0.25, 0.3) is 0 Å². The van der Waals surface area contributed by atoms with E-state index in [1.807, 2.05) is 31.2 Å². The van der Waals surface area contributed by atoms with Crippen molar-refractivity contribution in [2.45, 2.75) is 27.3 Å². The van der Waals surface area contributed by atoms with Crippen molar-refractivity contribution in [2.75, 3.05) is 35.1 Å². The van der Waals surface area contributed by atoms with Gasteiger partial charge in [-0.3, -0.25) is 9.10 Å². The van der Waals surface area contributed by atoms with Gasteiger partial charge in [0, 0.05) is 29.8 Å². The minimum atomic E-state index is -3.59. The van der Waals surface area contributed by atoms with E-state index in [9.17, 15) is 13.2 Å². The maximum absolute atomic E-state index is 12.4. The SMILES string of the molecule is CCN(CC)c1ccc(CNC(=O)CN(c2ccc(Br)c(C)c2)S(C)(=O)=O)cc1. The standard InChI is InChI=1S/C21H28BrN3O3S/c1-5-24(6-2)18-9-7-17(8-10-18)14-23-21(26)15-25(29(4,27)28)19-11-12-20(22)16(3)13-19/h7-13H,5-6,14-15H2,1-4H3,(H,23,26). The fraction of sp³-hybridized carbons (Fsp3) is 0.381. The van der Waals surface area contributed by atoms with Gasteiger partial charge in [0.05, 0.1) is 11.9 Å². The molecular weight excluding hydrogens is 454 g/mol. The monoisotopic (exact) mass is 481 g/mol. The molecule has 2 aromatic carbocycles. The maximum atomic E-state index is 12.4. The quantitative estimate of drug-likeness (QED) is 0.592. The van der Waals surface area contributed by atoms with Crippen molar-refractivity contribution in [1.29, 1.82) is 0 Å². The molecule has 0 fully saturated rings. The topological polar surface area (TPSA) is 69.7 Å². The number of hydrogen-bond donors (Lipinski definition) is 1. The summed E-state index contributed by atoms with van der Waals surface area (Å²) in [6.45, 7) is 8.03. The molecule has 0 unspecified atom stereocenters. The van der Waals surface area contributed by atoms with Gasteiger partial charge >= 0.3 is 0 Å². The van der Waals surface area contributed by atoms with Crippen LogP contribution in [-0.2, 0) is 21.4 Å². The fourth-order valence-corrected chi connectivity index (χ4v) is 4.08. The number of anilines is 2. The number of amides is 1. The zero-order valence-electron chi connectivity index (χ0n) is 17.3. The number of hydrogen-bond acceptors (Lipinski definition) is 4.